The van der Waals surface area contributed by atoms with Crippen molar-refractivity contribution in [3.8, 4) is 0 Å². The van der Waals surface area contributed by atoms with Crippen molar-refractivity contribution in [3.63, 3.8) is 0 Å². The van der Waals surface area contributed by atoms with Gasteiger partial charge < -0.3 is 36.0 Å². The van der Waals surface area contributed by atoms with E-state index in [1.807, 2.05) is 50.2 Å². The highest BCUT2D eigenvalue weighted by Gasteiger charge is 2.37. The number of aliphatic hydroxyl groups excluding tert-OH is 3. The SMILES string of the molecule is C.C.C.CC(C)CC(NC(=O)C(OC(=O)NCc1ccccc1)C(C)C)C(O)C(O)C(=O)NC(c1ccccc1)C(O)c1ccccc1. The quantitative estimate of drug-likeness (QED) is 0.122. The Kier molecular flexibility index (Phi) is 19.7. The number of aliphatic hydroxyl groups is 3. The van der Waals surface area contributed by atoms with Crippen LogP contribution in [0.1, 0.15) is 85.2 Å². The maximum atomic E-state index is 13.3. The Morgan fingerprint density at radius 1 is 0.688 bits per heavy atom. The number of ether oxygens (including phenoxy) is 1. The van der Waals surface area contributed by atoms with E-state index in [1.54, 1.807) is 68.4 Å². The Bertz CT molecular complexity index is 1340. The third-order valence-electron chi connectivity index (χ3n) is 7.35. The summed E-state index contributed by atoms with van der Waals surface area (Å²) < 4.78 is 5.45. The molecule has 266 valence electrons. The van der Waals surface area contributed by atoms with E-state index >= 15 is 0 Å². The van der Waals surface area contributed by atoms with E-state index in [-0.39, 0.29) is 41.2 Å². The third-order valence-corrected chi connectivity index (χ3v) is 7.35. The topological polar surface area (TPSA) is 157 Å². The Morgan fingerprint density at radius 2 is 1.19 bits per heavy atom. The van der Waals surface area contributed by atoms with Crippen molar-refractivity contribution in [2.24, 2.45) is 11.8 Å². The largest absolute Gasteiger partial charge is 0.436 e. The summed E-state index contributed by atoms with van der Waals surface area (Å²) in [5, 5.41) is 41.4. The molecule has 0 radical (unpaired) electrons. The van der Waals surface area contributed by atoms with Crippen LogP contribution in [0.5, 0.6) is 0 Å². The number of hydrogen-bond donors (Lipinski definition) is 6. The Hall–Kier alpha value is -4.25. The van der Waals surface area contributed by atoms with Crippen molar-refractivity contribution < 1.29 is 34.4 Å². The number of hydrogen-bond acceptors (Lipinski definition) is 7. The lowest BCUT2D eigenvalue weighted by atomic mass is 9.93. The van der Waals surface area contributed by atoms with Crippen molar-refractivity contribution in [2.45, 2.75) is 99.4 Å². The Labute approximate surface area is 286 Å². The summed E-state index contributed by atoms with van der Waals surface area (Å²) in [6.07, 6.45) is -6.56. The highest BCUT2D eigenvalue weighted by atomic mass is 16.6. The number of amides is 3. The predicted octanol–water partition coefficient (Wildman–Crippen LogP) is 5.69. The molecule has 3 aromatic rings. The first kappa shape index (κ1) is 43.8. The van der Waals surface area contributed by atoms with Gasteiger partial charge in [-0.15, -0.1) is 0 Å². The summed E-state index contributed by atoms with van der Waals surface area (Å²) in [7, 11) is 0. The summed E-state index contributed by atoms with van der Waals surface area (Å²) >= 11 is 0. The van der Waals surface area contributed by atoms with Gasteiger partial charge in [0.25, 0.3) is 11.8 Å². The number of rotatable bonds is 15. The molecule has 10 nitrogen and oxygen atoms in total. The average Bonchev–Trinajstić information content (AvgIpc) is 3.04. The summed E-state index contributed by atoms with van der Waals surface area (Å²) in [6, 6.07) is 24.8. The number of benzene rings is 3. The number of carbonyl (C=O) groups excluding carboxylic acids is 3. The van der Waals surface area contributed by atoms with Crippen molar-refractivity contribution >= 4 is 17.9 Å². The molecule has 0 aliphatic rings. The van der Waals surface area contributed by atoms with Crippen molar-refractivity contribution in [3.05, 3.63) is 108 Å². The third kappa shape index (κ3) is 13.1. The van der Waals surface area contributed by atoms with Gasteiger partial charge in [0.15, 0.2) is 12.2 Å². The van der Waals surface area contributed by atoms with E-state index < -0.39 is 60.3 Å². The van der Waals surface area contributed by atoms with Crippen LogP contribution in [0.15, 0.2) is 91.0 Å². The molecule has 3 amide bonds. The molecule has 0 spiro atoms. The highest BCUT2D eigenvalue weighted by Crippen LogP contribution is 2.29. The molecule has 48 heavy (non-hydrogen) atoms. The predicted molar refractivity (Wildman–Crippen MR) is 191 cm³/mol. The van der Waals surface area contributed by atoms with Crippen LogP contribution in [0.2, 0.25) is 0 Å². The van der Waals surface area contributed by atoms with Gasteiger partial charge in [0.05, 0.1) is 12.1 Å². The molecule has 6 atom stereocenters. The lowest BCUT2D eigenvalue weighted by molar-refractivity contribution is -0.141. The Morgan fingerprint density at radius 3 is 1.69 bits per heavy atom. The molecule has 0 saturated carbocycles. The molecule has 0 saturated heterocycles. The lowest BCUT2D eigenvalue weighted by Crippen LogP contribution is -2.56. The minimum atomic E-state index is -1.95. The molecule has 3 rings (SSSR count). The zero-order valence-corrected chi connectivity index (χ0v) is 26.2. The van der Waals surface area contributed by atoms with E-state index in [4.69, 9.17) is 4.74 Å². The van der Waals surface area contributed by atoms with Gasteiger partial charge in [-0.25, -0.2) is 4.79 Å². The maximum Gasteiger partial charge on any atom is 0.408 e. The second-order valence-corrected chi connectivity index (χ2v) is 11.8. The van der Waals surface area contributed by atoms with Gasteiger partial charge in [-0.2, -0.15) is 0 Å². The maximum absolute atomic E-state index is 13.3. The van der Waals surface area contributed by atoms with Crippen molar-refractivity contribution in [1.29, 1.82) is 0 Å². The first-order valence-corrected chi connectivity index (χ1v) is 15.2. The molecule has 6 unspecified atom stereocenters. The van der Waals surface area contributed by atoms with E-state index in [2.05, 4.69) is 16.0 Å². The summed E-state index contributed by atoms with van der Waals surface area (Å²) in [5.41, 5.74) is 2.01. The number of alkyl carbamates (subject to hydrolysis) is 1. The van der Waals surface area contributed by atoms with E-state index in [0.29, 0.717) is 11.1 Å². The van der Waals surface area contributed by atoms with E-state index in [1.165, 1.54) is 0 Å². The molecule has 0 aliphatic heterocycles. The van der Waals surface area contributed by atoms with Gasteiger partial charge in [-0.3, -0.25) is 9.59 Å². The summed E-state index contributed by atoms with van der Waals surface area (Å²) in [4.78, 5) is 39.2. The Balaban J connectivity index is 0.00000736. The molecule has 0 fully saturated rings. The van der Waals surface area contributed by atoms with Crippen LogP contribution in [0, 0.1) is 11.8 Å². The van der Waals surface area contributed by atoms with Crippen LogP contribution in [-0.4, -0.2) is 57.6 Å². The standard InChI is InChI=1S/C35H45N3O7.3CH4/c1-22(2)20-27(37-34(43)32(23(3)4)45-35(44)36-21-24-14-8-5-9-15-24)30(40)31(41)33(42)38-28(25-16-10-6-11-17-25)29(39)26-18-12-7-13-19-26;;;/h5-19,22-23,27-32,39-41H,20-21H2,1-4H3,(H,36,44)(H,37,43)(H,38,42);3*1H4. The van der Waals surface area contributed by atoms with Gasteiger partial charge in [0.1, 0.15) is 12.2 Å². The van der Waals surface area contributed by atoms with Crippen molar-refractivity contribution in [2.75, 3.05) is 0 Å². The fraction of sp³-hybridized carbons (Fsp3) is 0.447. The monoisotopic (exact) mass is 667 g/mol. The molecule has 0 bridgehead atoms. The lowest BCUT2D eigenvalue weighted by Gasteiger charge is -2.32. The van der Waals surface area contributed by atoms with Gasteiger partial charge in [0, 0.05) is 6.54 Å². The average molecular weight is 668 g/mol. The number of carbonyl (C=O) groups is 3. The minimum absolute atomic E-state index is 0. The summed E-state index contributed by atoms with van der Waals surface area (Å²) in [6.45, 7) is 7.38. The van der Waals surface area contributed by atoms with Crippen LogP contribution in [0.3, 0.4) is 0 Å². The fourth-order valence-electron chi connectivity index (χ4n) is 4.94. The van der Waals surface area contributed by atoms with Crippen LogP contribution in [-0.2, 0) is 20.9 Å². The van der Waals surface area contributed by atoms with Gasteiger partial charge in [0.2, 0.25) is 0 Å². The highest BCUT2D eigenvalue weighted by molar-refractivity contribution is 5.85. The smallest absolute Gasteiger partial charge is 0.408 e. The van der Waals surface area contributed by atoms with Crippen LogP contribution < -0.4 is 16.0 Å². The van der Waals surface area contributed by atoms with Gasteiger partial charge in [-0.05, 0) is 34.9 Å². The first-order valence-electron chi connectivity index (χ1n) is 15.2. The first-order chi connectivity index (χ1) is 21.5. The van der Waals surface area contributed by atoms with Gasteiger partial charge >= 0.3 is 6.09 Å². The van der Waals surface area contributed by atoms with Crippen molar-refractivity contribution in [1.82, 2.24) is 16.0 Å². The minimum Gasteiger partial charge on any atom is -0.436 e. The molecule has 6 N–H and O–H groups in total. The molecular weight excluding hydrogens is 610 g/mol. The van der Waals surface area contributed by atoms with E-state index in [0.717, 1.165) is 5.56 Å². The fourth-order valence-corrected chi connectivity index (χ4v) is 4.94. The number of nitrogens with one attached hydrogen (secondary N) is 3. The molecule has 0 heterocycles. The van der Waals surface area contributed by atoms with E-state index in [9.17, 15) is 29.7 Å². The molecule has 0 aromatic heterocycles. The van der Waals surface area contributed by atoms with Crippen LogP contribution in [0.25, 0.3) is 0 Å². The zero-order chi connectivity index (χ0) is 32.9. The molecular formula is C38H57N3O7. The second kappa shape index (κ2) is 21.6. The van der Waals surface area contributed by atoms with Gasteiger partial charge in [-0.1, -0.05) is 141 Å². The summed E-state index contributed by atoms with van der Waals surface area (Å²) in [5.74, 6) is -2.04. The second-order valence-electron chi connectivity index (χ2n) is 11.8. The molecule has 3 aromatic carbocycles. The zero-order valence-electron chi connectivity index (χ0n) is 26.2. The molecule has 0 aliphatic carbocycles. The molecule has 10 heteroatoms. The van der Waals surface area contributed by atoms with Crippen LogP contribution >= 0.6 is 0 Å². The normalized spacial score (nSPS) is 14.4. The van der Waals surface area contributed by atoms with Crippen LogP contribution in [0.4, 0.5) is 4.79 Å².